The Bertz CT molecular complexity index is 522. The molecule has 0 unspecified atom stereocenters. The number of carbonyl (C=O) groups is 1. The van der Waals surface area contributed by atoms with Crippen LogP contribution in [0.4, 0.5) is 0 Å². The molecule has 112 valence electrons. The van der Waals surface area contributed by atoms with E-state index >= 15 is 0 Å². The second-order valence-electron chi connectivity index (χ2n) is 6.20. The van der Waals surface area contributed by atoms with Crippen molar-refractivity contribution in [2.24, 2.45) is 17.8 Å². The maximum atomic E-state index is 12.2. The number of aromatic nitrogens is 1. The van der Waals surface area contributed by atoms with Gasteiger partial charge in [0.15, 0.2) is 0 Å². The zero-order valence-electron chi connectivity index (χ0n) is 13.3. The summed E-state index contributed by atoms with van der Waals surface area (Å²) in [6.45, 7) is 12.8. The molecule has 0 saturated carbocycles. The van der Waals surface area contributed by atoms with Crippen LogP contribution in [0.5, 0.6) is 0 Å². The second kappa shape index (κ2) is 6.73. The number of aromatic amines is 1. The van der Waals surface area contributed by atoms with E-state index in [9.17, 15) is 9.59 Å². The Balaban J connectivity index is 2.85. The van der Waals surface area contributed by atoms with Crippen molar-refractivity contribution in [1.82, 2.24) is 10.3 Å². The molecule has 1 aromatic heterocycles. The molecular formula is C16H26N2O2. The lowest BCUT2D eigenvalue weighted by Crippen LogP contribution is -2.37. The fourth-order valence-corrected chi connectivity index (χ4v) is 2.68. The maximum absolute atomic E-state index is 12.2. The predicted octanol–water partition coefficient (Wildman–Crippen LogP) is 2.65. The van der Waals surface area contributed by atoms with Crippen LogP contribution in [-0.2, 0) is 0 Å². The predicted molar refractivity (Wildman–Crippen MR) is 82.0 cm³/mol. The van der Waals surface area contributed by atoms with Crippen molar-refractivity contribution in [2.45, 2.75) is 41.5 Å². The van der Waals surface area contributed by atoms with Gasteiger partial charge in [0.1, 0.15) is 5.56 Å². The van der Waals surface area contributed by atoms with Crippen LogP contribution in [0.1, 0.15) is 49.3 Å². The molecule has 0 spiro atoms. The van der Waals surface area contributed by atoms with Gasteiger partial charge in [-0.2, -0.15) is 0 Å². The van der Waals surface area contributed by atoms with Crippen LogP contribution in [0.25, 0.3) is 0 Å². The maximum Gasteiger partial charge on any atom is 0.261 e. The van der Waals surface area contributed by atoms with Gasteiger partial charge in [0.2, 0.25) is 0 Å². The number of rotatable bonds is 5. The zero-order chi connectivity index (χ0) is 15.4. The van der Waals surface area contributed by atoms with Gasteiger partial charge in [-0.1, -0.05) is 27.7 Å². The van der Waals surface area contributed by atoms with Crippen LogP contribution in [0.2, 0.25) is 0 Å². The largest absolute Gasteiger partial charge is 0.352 e. The molecule has 0 saturated heterocycles. The van der Waals surface area contributed by atoms with Gasteiger partial charge in [-0.05, 0) is 43.2 Å². The minimum atomic E-state index is -0.314. The molecule has 1 amide bonds. The van der Waals surface area contributed by atoms with Crippen LogP contribution in [0.15, 0.2) is 10.9 Å². The van der Waals surface area contributed by atoms with Gasteiger partial charge in [0.05, 0.1) is 0 Å². The van der Waals surface area contributed by atoms with Crippen molar-refractivity contribution < 1.29 is 4.79 Å². The van der Waals surface area contributed by atoms with Crippen LogP contribution in [-0.4, -0.2) is 17.4 Å². The molecule has 4 heteroatoms. The first-order chi connectivity index (χ1) is 9.23. The lowest BCUT2D eigenvalue weighted by molar-refractivity contribution is 0.0935. The highest BCUT2D eigenvalue weighted by atomic mass is 16.2. The van der Waals surface area contributed by atoms with Crippen molar-refractivity contribution >= 4 is 5.91 Å². The van der Waals surface area contributed by atoms with E-state index in [1.807, 2.05) is 13.0 Å². The van der Waals surface area contributed by atoms with Gasteiger partial charge >= 0.3 is 0 Å². The molecule has 2 N–H and O–H groups in total. The minimum Gasteiger partial charge on any atom is -0.352 e. The molecule has 0 aliphatic rings. The van der Waals surface area contributed by atoms with E-state index in [2.05, 4.69) is 38.0 Å². The highest BCUT2D eigenvalue weighted by molar-refractivity contribution is 5.95. The molecule has 4 nitrogen and oxygen atoms in total. The smallest absolute Gasteiger partial charge is 0.261 e. The lowest BCUT2D eigenvalue weighted by atomic mass is 9.85. The van der Waals surface area contributed by atoms with E-state index in [4.69, 9.17) is 0 Å². The molecule has 0 aliphatic carbocycles. The summed E-state index contributed by atoms with van der Waals surface area (Å²) in [5.41, 5.74) is 1.40. The molecule has 20 heavy (non-hydrogen) atoms. The van der Waals surface area contributed by atoms with Gasteiger partial charge in [-0.15, -0.1) is 0 Å². The first-order valence-electron chi connectivity index (χ1n) is 7.22. The van der Waals surface area contributed by atoms with Crippen molar-refractivity contribution in [1.29, 1.82) is 0 Å². The van der Waals surface area contributed by atoms with Crippen molar-refractivity contribution in [2.75, 3.05) is 6.54 Å². The molecule has 0 fully saturated rings. The third kappa shape index (κ3) is 3.95. The number of pyridine rings is 1. The van der Waals surface area contributed by atoms with Gasteiger partial charge in [-0.25, -0.2) is 0 Å². The van der Waals surface area contributed by atoms with Gasteiger partial charge in [0.25, 0.3) is 11.5 Å². The first-order valence-corrected chi connectivity index (χ1v) is 7.22. The Kier molecular flexibility index (Phi) is 5.54. The fourth-order valence-electron chi connectivity index (χ4n) is 2.68. The summed E-state index contributed by atoms with van der Waals surface area (Å²) in [4.78, 5) is 26.8. The minimum absolute atomic E-state index is 0.224. The summed E-state index contributed by atoms with van der Waals surface area (Å²) in [7, 11) is 0. The number of hydrogen-bond acceptors (Lipinski definition) is 2. The van der Waals surface area contributed by atoms with Gasteiger partial charge in [0, 0.05) is 12.2 Å². The SMILES string of the molecule is Cc1cc(C)c(C(=O)NCC(C(C)C)C(C)C)c(=O)[nH]1. The van der Waals surface area contributed by atoms with E-state index in [1.54, 1.807) is 6.92 Å². The Hall–Kier alpha value is -1.58. The Morgan fingerprint density at radius 1 is 1.20 bits per heavy atom. The number of hydrogen-bond donors (Lipinski definition) is 2. The van der Waals surface area contributed by atoms with E-state index in [-0.39, 0.29) is 17.0 Å². The summed E-state index contributed by atoms with van der Waals surface area (Å²) in [5.74, 6) is 1.11. The van der Waals surface area contributed by atoms with Crippen LogP contribution >= 0.6 is 0 Å². The summed E-state index contributed by atoms with van der Waals surface area (Å²) in [6, 6.07) is 1.82. The number of carbonyl (C=O) groups excluding carboxylic acids is 1. The highest BCUT2D eigenvalue weighted by Gasteiger charge is 2.20. The Morgan fingerprint density at radius 3 is 2.20 bits per heavy atom. The average molecular weight is 278 g/mol. The highest BCUT2D eigenvalue weighted by Crippen LogP contribution is 2.19. The van der Waals surface area contributed by atoms with Crippen LogP contribution in [0, 0.1) is 31.6 Å². The van der Waals surface area contributed by atoms with E-state index in [1.165, 1.54) is 0 Å². The van der Waals surface area contributed by atoms with E-state index < -0.39 is 0 Å². The van der Waals surface area contributed by atoms with E-state index in [0.29, 0.717) is 24.3 Å². The topological polar surface area (TPSA) is 62.0 Å². The van der Waals surface area contributed by atoms with Gasteiger partial charge in [-0.3, -0.25) is 9.59 Å². The molecule has 0 aromatic carbocycles. The monoisotopic (exact) mass is 278 g/mol. The Morgan fingerprint density at radius 2 is 1.75 bits per heavy atom. The molecule has 1 heterocycles. The third-order valence-electron chi connectivity index (χ3n) is 3.80. The van der Waals surface area contributed by atoms with E-state index in [0.717, 1.165) is 11.3 Å². The number of amides is 1. The molecule has 1 rings (SSSR count). The standard InChI is InChI=1S/C16H26N2O2/c1-9(2)13(10(3)4)8-17-15(19)14-11(5)7-12(6)18-16(14)20/h7,9-10,13H,8H2,1-6H3,(H,17,19)(H,18,20). The summed E-state index contributed by atoms with van der Waals surface area (Å²) < 4.78 is 0. The number of aryl methyl sites for hydroxylation is 2. The fraction of sp³-hybridized carbons (Fsp3) is 0.625. The molecule has 1 aromatic rings. The van der Waals surface area contributed by atoms with Crippen molar-refractivity contribution in [3.8, 4) is 0 Å². The first kappa shape index (κ1) is 16.5. The van der Waals surface area contributed by atoms with Gasteiger partial charge < -0.3 is 10.3 Å². The second-order valence-corrected chi connectivity index (χ2v) is 6.20. The van der Waals surface area contributed by atoms with Crippen LogP contribution < -0.4 is 10.9 Å². The van der Waals surface area contributed by atoms with Crippen molar-refractivity contribution in [3.63, 3.8) is 0 Å². The number of H-pyrrole nitrogens is 1. The summed E-state index contributed by atoms with van der Waals surface area (Å²) in [5, 5.41) is 2.90. The normalized spacial score (nSPS) is 11.4. The molecule has 0 radical (unpaired) electrons. The summed E-state index contributed by atoms with van der Waals surface area (Å²) in [6.07, 6.45) is 0. The summed E-state index contributed by atoms with van der Waals surface area (Å²) >= 11 is 0. The number of nitrogens with one attached hydrogen (secondary N) is 2. The quantitative estimate of drug-likeness (QED) is 0.869. The molecular weight excluding hydrogens is 252 g/mol. The Labute approximate surface area is 121 Å². The lowest BCUT2D eigenvalue weighted by Gasteiger charge is -2.25. The van der Waals surface area contributed by atoms with Crippen molar-refractivity contribution in [3.05, 3.63) is 33.2 Å². The molecule has 0 aliphatic heterocycles. The molecule has 0 bridgehead atoms. The average Bonchev–Trinajstić information content (AvgIpc) is 2.26. The zero-order valence-corrected chi connectivity index (χ0v) is 13.3. The molecule has 0 atom stereocenters. The van der Waals surface area contributed by atoms with Crippen LogP contribution in [0.3, 0.4) is 0 Å². The third-order valence-corrected chi connectivity index (χ3v) is 3.80.